The Bertz CT molecular complexity index is 433. The first kappa shape index (κ1) is 21.0. The second-order valence-electron chi connectivity index (χ2n) is 7.50. The van der Waals surface area contributed by atoms with E-state index >= 15 is 0 Å². The minimum Gasteiger partial charge on any atom is -0.481 e. The summed E-state index contributed by atoms with van der Waals surface area (Å²) in [6.07, 6.45) is 9.56. The first-order chi connectivity index (χ1) is 11.4. The van der Waals surface area contributed by atoms with Crippen molar-refractivity contribution < 1.29 is 19.7 Å². The fourth-order valence-corrected chi connectivity index (χ4v) is 2.76. The van der Waals surface area contributed by atoms with Crippen LogP contribution in [0.4, 0.5) is 0 Å². The minimum absolute atomic E-state index is 0.102. The molecule has 4 heteroatoms. The van der Waals surface area contributed by atoms with Crippen LogP contribution in [0, 0.1) is 17.3 Å². The first-order valence-electron chi connectivity index (χ1n) is 9.44. The van der Waals surface area contributed by atoms with Crippen molar-refractivity contribution in [3.05, 3.63) is 0 Å². The van der Waals surface area contributed by atoms with Crippen LogP contribution in [0.1, 0.15) is 85.0 Å². The van der Waals surface area contributed by atoms with E-state index < -0.39 is 17.5 Å². The smallest absolute Gasteiger partial charge is 0.309 e. The molecule has 1 aliphatic heterocycles. The van der Waals surface area contributed by atoms with E-state index in [2.05, 4.69) is 18.8 Å². The topological polar surface area (TPSA) is 70.1 Å². The molecule has 0 amide bonds. The summed E-state index contributed by atoms with van der Waals surface area (Å²) in [7, 11) is 0. The van der Waals surface area contributed by atoms with Gasteiger partial charge in [0.15, 0.2) is 0 Å². The van der Waals surface area contributed by atoms with Gasteiger partial charge in [-0.3, -0.25) is 4.79 Å². The molecule has 4 nitrogen and oxygen atoms in total. The van der Waals surface area contributed by atoms with E-state index in [9.17, 15) is 9.90 Å². The Kier molecular flexibility index (Phi) is 9.39. The number of ether oxygens (including phenoxy) is 1. The van der Waals surface area contributed by atoms with Gasteiger partial charge in [0.25, 0.3) is 0 Å². The van der Waals surface area contributed by atoms with E-state index in [0.717, 1.165) is 51.4 Å². The van der Waals surface area contributed by atoms with Crippen LogP contribution in [0.3, 0.4) is 0 Å². The van der Waals surface area contributed by atoms with Gasteiger partial charge in [0, 0.05) is 6.42 Å². The number of carboxylic acid groups (broad SMARTS) is 1. The normalized spacial score (nSPS) is 21.0. The maximum absolute atomic E-state index is 11.0. The summed E-state index contributed by atoms with van der Waals surface area (Å²) in [5.41, 5.74) is -0.620. The molecule has 1 saturated heterocycles. The molecule has 3 atom stereocenters. The number of aliphatic hydroxyl groups excluding tert-OH is 1. The summed E-state index contributed by atoms with van der Waals surface area (Å²) in [5.74, 6) is 5.22. The van der Waals surface area contributed by atoms with Crippen molar-refractivity contribution in [2.24, 2.45) is 5.41 Å². The van der Waals surface area contributed by atoms with Crippen LogP contribution in [0.25, 0.3) is 0 Å². The molecule has 1 aliphatic rings. The molecule has 138 valence electrons. The van der Waals surface area contributed by atoms with Gasteiger partial charge < -0.3 is 14.9 Å². The predicted molar refractivity (Wildman–Crippen MR) is 95.7 cm³/mol. The van der Waals surface area contributed by atoms with Crippen molar-refractivity contribution in [2.75, 3.05) is 0 Å². The second-order valence-corrected chi connectivity index (χ2v) is 7.50. The van der Waals surface area contributed by atoms with Gasteiger partial charge in [0.1, 0.15) is 12.2 Å². The molecule has 0 radical (unpaired) electrons. The molecule has 0 aliphatic carbocycles. The molecule has 24 heavy (non-hydrogen) atoms. The molecule has 0 aromatic heterocycles. The Morgan fingerprint density at radius 2 is 1.88 bits per heavy atom. The van der Waals surface area contributed by atoms with E-state index in [1.807, 2.05) is 0 Å². The molecular formula is C20H34O4. The highest BCUT2D eigenvalue weighted by Crippen LogP contribution is 2.30. The van der Waals surface area contributed by atoms with E-state index in [1.165, 1.54) is 12.8 Å². The van der Waals surface area contributed by atoms with Gasteiger partial charge >= 0.3 is 5.97 Å². The average Bonchev–Trinajstić information content (AvgIpc) is 3.29. The largest absolute Gasteiger partial charge is 0.481 e. The molecule has 0 spiro atoms. The summed E-state index contributed by atoms with van der Waals surface area (Å²) < 4.78 is 5.52. The van der Waals surface area contributed by atoms with Gasteiger partial charge in [0.05, 0.1) is 11.5 Å². The van der Waals surface area contributed by atoms with Gasteiger partial charge in [-0.1, -0.05) is 51.4 Å². The lowest BCUT2D eigenvalue weighted by Crippen LogP contribution is -2.23. The maximum Gasteiger partial charge on any atom is 0.309 e. The highest BCUT2D eigenvalue weighted by Gasteiger charge is 2.42. The molecule has 3 unspecified atom stereocenters. The number of hydrogen-bond donors (Lipinski definition) is 2. The Morgan fingerprint density at radius 3 is 2.54 bits per heavy atom. The number of carboxylic acids is 1. The number of unbranched alkanes of at least 4 members (excludes halogenated alkanes) is 6. The number of rotatable bonds is 12. The SMILES string of the molecule is CCCCCC#CC(O)C1OC1CCCCCCC(C)(C)C(=O)O. The second kappa shape index (κ2) is 10.7. The van der Waals surface area contributed by atoms with Crippen LogP contribution in [0.2, 0.25) is 0 Å². The van der Waals surface area contributed by atoms with Crippen molar-refractivity contribution in [1.29, 1.82) is 0 Å². The number of aliphatic carboxylic acids is 1. The summed E-state index contributed by atoms with van der Waals surface area (Å²) in [5, 5.41) is 19.0. The Balaban J connectivity index is 2.03. The molecule has 2 N–H and O–H groups in total. The monoisotopic (exact) mass is 338 g/mol. The van der Waals surface area contributed by atoms with Gasteiger partial charge in [-0.15, -0.1) is 5.92 Å². The molecule has 1 fully saturated rings. The quantitative estimate of drug-likeness (QED) is 0.319. The molecule has 1 rings (SSSR count). The molecule has 0 aromatic rings. The van der Waals surface area contributed by atoms with Crippen LogP contribution in [0.5, 0.6) is 0 Å². The molecule has 0 saturated carbocycles. The van der Waals surface area contributed by atoms with Crippen molar-refractivity contribution >= 4 is 5.97 Å². The fraction of sp³-hybridized carbons (Fsp3) is 0.850. The lowest BCUT2D eigenvalue weighted by atomic mass is 9.87. The van der Waals surface area contributed by atoms with E-state index in [-0.39, 0.29) is 12.2 Å². The van der Waals surface area contributed by atoms with Crippen LogP contribution in [-0.2, 0) is 9.53 Å². The van der Waals surface area contributed by atoms with Crippen molar-refractivity contribution in [3.63, 3.8) is 0 Å². The molecule has 0 bridgehead atoms. The van der Waals surface area contributed by atoms with Crippen molar-refractivity contribution in [1.82, 2.24) is 0 Å². The molecular weight excluding hydrogens is 304 g/mol. The lowest BCUT2D eigenvalue weighted by Gasteiger charge is -2.18. The third-order valence-electron chi connectivity index (χ3n) is 4.71. The Morgan fingerprint density at radius 1 is 1.17 bits per heavy atom. The van der Waals surface area contributed by atoms with Crippen molar-refractivity contribution in [3.8, 4) is 11.8 Å². The van der Waals surface area contributed by atoms with E-state index in [4.69, 9.17) is 9.84 Å². The summed E-state index contributed by atoms with van der Waals surface area (Å²) in [6.45, 7) is 5.73. The Labute approximate surface area is 147 Å². The molecule has 0 aromatic carbocycles. The van der Waals surface area contributed by atoms with E-state index in [1.54, 1.807) is 13.8 Å². The van der Waals surface area contributed by atoms with Crippen LogP contribution in [0.15, 0.2) is 0 Å². The number of aliphatic hydroxyl groups is 1. The number of hydrogen-bond acceptors (Lipinski definition) is 3. The van der Waals surface area contributed by atoms with Crippen molar-refractivity contribution in [2.45, 2.75) is 103 Å². The summed E-state index contributed by atoms with van der Waals surface area (Å²) in [4.78, 5) is 11.0. The van der Waals surface area contributed by atoms with Gasteiger partial charge in [0.2, 0.25) is 0 Å². The van der Waals surface area contributed by atoms with Crippen LogP contribution in [-0.4, -0.2) is 34.5 Å². The zero-order chi connectivity index (χ0) is 18.0. The average molecular weight is 338 g/mol. The number of epoxide rings is 1. The third kappa shape index (κ3) is 8.17. The highest BCUT2D eigenvalue weighted by molar-refractivity contribution is 5.73. The maximum atomic E-state index is 11.0. The van der Waals surface area contributed by atoms with Crippen LogP contribution < -0.4 is 0 Å². The minimum atomic E-state index is -0.721. The lowest BCUT2D eigenvalue weighted by molar-refractivity contribution is -0.147. The fourth-order valence-electron chi connectivity index (χ4n) is 2.76. The molecule has 1 heterocycles. The number of carbonyl (C=O) groups is 1. The zero-order valence-electron chi connectivity index (χ0n) is 15.5. The van der Waals surface area contributed by atoms with Gasteiger partial charge in [-0.2, -0.15) is 0 Å². The predicted octanol–water partition coefficient (Wildman–Crippen LogP) is 4.15. The standard InChI is InChI=1S/C20H34O4/c1-4-5-6-7-10-13-16(21)18-17(24-18)14-11-8-9-12-15-20(2,3)19(22)23/h16-18,21H,4-9,11-12,14-15H2,1-3H3,(H,22,23). The summed E-state index contributed by atoms with van der Waals surface area (Å²) in [6, 6.07) is 0. The third-order valence-corrected chi connectivity index (χ3v) is 4.71. The first-order valence-corrected chi connectivity index (χ1v) is 9.44. The summed E-state index contributed by atoms with van der Waals surface area (Å²) >= 11 is 0. The van der Waals surface area contributed by atoms with Gasteiger partial charge in [-0.05, 0) is 33.1 Å². The van der Waals surface area contributed by atoms with E-state index in [0.29, 0.717) is 0 Å². The zero-order valence-corrected chi connectivity index (χ0v) is 15.5. The highest BCUT2D eigenvalue weighted by atomic mass is 16.6. The van der Waals surface area contributed by atoms with Gasteiger partial charge in [-0.25, -0.2) is 0 Å². The Hall–Kier alpha value is -1.05. The van der Waals surface area contributed by atoms with Crippen LogP contribution >= 0.6 is 0 Å².